The van der Waals surface area contributed by atoms with Crippen molar-refractivity contribution >= 4 is 22.5 Å². The van der Waals surface area contributed by atoms with Crippen molar-refractivity contribution in [1.82, 2.24) is 4.98 Å². The molecule has 1 rings (SSSR count). The van der Waals surface area contributed by atoms with Crippen molar-refractivity contribution in [3.63, 3.8) is 0 Å². The van der Waals surface area contributed by atoms with Gasteiger partial charge in [0, 0.05) is 12.7 Å². The Morgan fingerprint density at radius 3 is 2.75 bits per heavy atom. The largest absolute Gasteiger partial charge is 0.311 e. The molecule has 0 aliphatic rings. The first-order valence-electron chi connectivity index (χ1n) is 5.09. The smallest absolute Gasteiger partial charge is 0.225 e. The second kappa shape index (κ2) is 5.75. The number of anilines is 1. The molecule has 1 aromatic rings. The van der Waals surface area contributed by atoms with E-state index in [0.29, 0.717) is 23.2 Å². The second-order valence-electron chi connectivity index (χ2n) is 3.96. The summed E-state index contributed by atoms with van der Waals surface area (Å²) in [7, 11) is -1.13. The molecular formula is C11H16N2O2S. The van der Waals surface area contributed by atoms with Gasteiger partial charge in [-0.05, 0) is 18.1 Å². The van der Waals surface area contributed by atoms with Gasteiger partial charge in [0.2, 0.25) is 5.91 Å². The fourth-order valence-corrected chi connectivity index (χ4v) is 1.71. The highest BCUT2D eigenvalue weighted by atomic mass is 32.2. The van der Waals surface area contributed by atoms with E-state index in [9.17, 15) is 9.00 Å². The van der Waals surface area contributed by atoms with Crippen LogP contribution in [0.4, 0.5) is 5.82 Å². The number of nitrogens with one attached hydrogen (secondary N) is 1. The van der Waals surface area contributed by atoms with E-state index >= 15 is 0 Å². The van der Waals surface area contributed by atoms with Gasteiger partial charge in [-0.25, -0.2) is 4.98 Å². The molecule has 0 saturated heterocycles. The molecule has 0 spiro atoms. The van der Waals surface area contributed by atoms with Crippen LogP contribution in [0.15, 0.2) is 23.2 Å². The van der Waals surface area contributed by atoms with Crippen LogP contribution in [0.5, 0.6) is 0 Å². The van der Waals surface area contributed by atoms with Crippen LogP contribution in [0.3, 0.4) is 0 Å². The van der Waals surface area contributed by atoms with Gasteiger partial charge < -0.3 is 5.32 Å². The highest BCUT2D eigenvalue weighted by molar-refractivity contribution is 7.84. The van der Waals surface area contributed by atoms with Crippen molar-refractivity contribution < 1.29 is 9.00 Å². The molecule has 0 aromatic carbocycles. The van der Waals surface area contributed by atoms with Crippen LogP contribution in [0.1, 0.15) is 20.3 Å². The van der Waals surface area contributed by atoms with E-state index in [1.807, 2.05) is 13.8 Å². The van der Waals surface area contributed by atoms with Gasteiger partial charge in [0.05, 0.1) is 10.8 Å². The molecule has 0 aliphatic carbocycles. The number of carbonyl (C=O) groups excluding carboxylic acids is 1. The molecule has 0 fully saturated rings. The molecule has 88 valence electrons. The molecule has 1 N–H and O–H groups in total. The molecule has 4 nitrogen and oxygen atoms in total. The Kier molecular flexibility index (Phi) is 4.61. The second-order valence-corrected chi connectivity index (χ2v) is 5.29. The zero-order valence-corrected chi connectivity index (χ0v) is 10.5. The Balaban J connectivity index is 2.70. The highest BCUT2D eigenvalue weighted by Gasteiger charge is 2.07. The molecule has 0 saturated carbocycles. The molecule has 1 unspecified atom stereocenters. The normalized spacial score (nSPS) is 12.5. The average molecular weight is 240 g/mol. The lowest BCUT2D eigenvalue weighted by Gasteiger charge is -2.06. The zero-order chi connectivity index (χ0) is 12.1. The van der Waals surface area contributed by atoms with E-state index in [0.717, 1.165) is 0 Å². The first kappa shape index (κ1) is 12.8. The number of hydrogen-bond acceptors (Lipinski definition) is 3. The van der Waals surface area contributed by atoms with Crippen molar-refractivity contribution in [3.8, 4) is 0 Å². The molecular weight excluding hydrogens is 224 g/mol. The minimum absolute atomic E-state index is 0.0680. The van der Waals surface area contributed by atoms with Crippen LogP contribution < -0.4 is 5.32 Å². The van der Waals surface area contributed by atoms with Gasteiger partial charge >= 0.3 is 0 Å². The van der Waals surface area contributed by atoms with Gasteiger partial charge in [-0.2, -0.15) is 0 Å². The van der Waals surface area contributed by atoms with Gasteiger partial charge in [0.15, 0.2) is 0 Å². The van der Waals surface area contributed by atoms with Crippen molar-refractivity contribution in [2.75, 3.05) is 11.6 Å². The van der Waals surface area contributed by atoms with Crippen molar-refractivity contribution in [3.05, 3.63) is 18.2 Å². The molecule has 1 aromatic heterocycles. The summed E-state index contributed by atoms with van der Waals surface area (Å²) in [6.45, 7) is 3.95. The Morgan fingerprint density at radius 1 is 1.50 bits per heavy atom. The first-order chi connectivity index (χ1) is 7.49. The van der Waals surface area contributed by atoms with Crippen molar-refractivity contribution in [2.24, 2.45) is 5.92 Å². The lowest BCUT2D eigenvalue weighted by molar-refractivity contribution is -0.116. The molecule has 1 atom stereocenters. The van der Waals surface area contributed by atoms with Crippen LogP contribution in [0.2, 0.25) is 0 Å². The SMILES string of the molecule is CC(C)CC(=O)Nc1cccc(S(C)=O)n1. The van der Waals surface area contributed by atoms with Gasteiger partial charge in [-0.15, -0.1) is 0 Å². The van der Waals surface area contributed by atoms with Crippen molar-refractivity contribution in [1.29, 1.82) is 0 Å². The third-order valence-electron chi connectivity index (χ3n) is 1.88. The van der Waals surface area contributed by atoms with Crippen LogP contribution in [-0.2, 0) is 15.6 Å². The molecule has 5 heteroatoms. The van der Waals surface area contributed by atoms with E-state index in [1.165, 1.54) is 0 Å². The maximum atomic E-state index is 11.5. The van der Waals surface area contributed by atoms with Gasteiger partial charge in [0.25, 0.3) is 0 Å². The number of amides is 1. The predicted octanol–water partition coefficient (Wildman–Crippen LogP) is 1.80. The maximum Gasteiger partial charge on any atom is 0.225 e. The Bertz CT molecular complexity index is 405. The summed E-state index contributed by atoms with van der Waals surface area (Å²) in [5.74, 6) is 0.698. The summed E-state index contributed by atoms with van der Waals surface area (Å²) in [6.07, 6.45) is 2.02. The number of hydrogen-bond donors (Lipinski definition) is 1. The monoisotopic (exact) mass is 240 g/mol. The summed E-state index contributed by atoms with van der Waals surface area (Å²) >= 11 is 0. The van der Waals surface area contributed by atoms with E-state index in [2.05, 4.69) is 10.3 Å². The van der Waals surface area contributed by atoms with Crippen LogP contribution in [0, 0.1) is 5.92 Å². The Morgan fingerprint density at radius 2 is 2.19 bits per heavy atom. The molecule has 1 amide bonds. The maximum absolute atomic E-state index is 11.5. The summed E-state index contributed by atoms with van der Waals surface area (Å²) in [4.78, 5) is 15.6. The van der Waals surface area contributed by atoms with E-state index in [-0.39, 0.29) is 5.91 Å². The number of rotatable bonds is 4. The molecule has 0 aliphatic heterocycles. The van der Waals surface area contributed by atoms with Crippen molar-refractivity contribution in [2.45, 2.75) is 25.3 Å². The van der Waals surface area contributed by atoms with Crippen LogP contribution in [-0.4, -0.2) is 21.4 Å². The lowest BCUT2D eigenvalue weighted by atomic mass is 10.1. The summed E-state index contributed by atoms with van der Waals surface area (Å²) in [5, 5.41) is 3.16. The number of carbonyl (C=O) groups is 1. The first-order valence-corrected chi connectivity index (χ1v) is 6.65. The third-order valence-corrected chi connectivity index (χ3v) is 2.70. The van der Waals surface area contributed by atoms with Gasteiger partial charge in [-0.1, -0.05) is 19.9 Å². The molecule has 1 heterocycles. The minimum Gasteiger partial charge on any atom is -0.311 e. The van der Waals surface area contributed by atoms with Crippen LogP contribution in [0.25, 0.3) is 0 Å². The Hall–Kier alpha value is -1.23. The van der Waals surface area contributed by atoms with E-state index in [1.54, 1.807) is 24.5 Å². The number of nitrogens with zero attached hydrogens (tertiary/aromatic N) is 1. The van der Waals surface area contributed by atoms with E-state index in [4.69, 9.17) is 0 Å². The van der Waals surface area contributed by atoms with Gasteiger partial charge in [0.1, 0.15) is 10.8 Å². The molecule has 0 radical (unpaired) electrons. The Labute approximate surface area is 97.9 Å². The van der Waals surface area contributed by atoms with Gasteiger partial charge in [-0.3, -0.25) is 9.00 Å². The average Bonchev–Trinajstić information content (AvgIpc) is 2.16. The summed E-state index contributed by atoms with van der Waals surface area (Å²) in [5.41, 5.74) is 0. The molecule has 16 heavy (non-hydrogen) atoms. The molecule has 0 bridgehead atoms. The standard InChI is InChI=1S/C11H16N2O2S/c1-8(2)7-10(14)12-9-5-4-6-11(13-9)16(3)15/h4-6,8H,7H2,1-3H3,(H,12,13,14). The zero-order valence-electron chi connectivity index (χ0n) is 9.69. The minimum atomic E-state index is -1.13. The summed E-state index contributed by atoms with van der Waals surface area (Å²) < 4.78 is 11.2. The fourth-order valence-electron chi connectivity index (χ4n) is 1.21. The topological polar surface area (TPSA) is 59.1 Å². The fraction of sp³-hybridized carbons (Fsp3) is 0.455. The number of pyridine rings is 1. The highest BCUT2D eigenvalue weighted by Crippen LogP contribution is 2.09. The lowest BCUT2D eigenvalue weighted by Crippen LogP contribution is -2.15. The van der Waals surface area contributed by atoms with Crippen LogP contribution >= 0.6 is 0 Å². The third kappa shape index (κ3) is 4.10. The summed E-state index contributed by atoms with van der Waals surface area (Å²) in [6, 6.07) is 5.09. The van der Waals surface area contributed by atoms with E-state index < -0.39 is 10.8 Å². The number of aromatic nitrogens is 1. The quantitative estimate of drug-likeness (QED) is 0.873. The predicted molar refractivity (Wildman–Crippen MR) is 64.7 cm³/mol.